The second-order valence-electron chi connectivity index (χ2n) is 5.30. The quantitative estimate of drug-likeness (QED) is 0.636. The number of nitrogens with zero attached hydrogens (tertiary/aromatic N) is 1. The molecule has 0 aliphatic carbocycles. The van der Waals surface area contributed by atoms with E-state index in [4.69, 9.17) is 9.47 Å². The van der Waals surface area contributed by atoms with Crippen LogP contribution in [0.1, 0.15) is 33.1 Å². The molecule has 1 aliphatic heterocycles. The van der Waals surface area contributed by atoms with Gasteiger partial charge in [0.25, 0.3) is 0 Å². The molecule has 4 nitrogen and oxygen atoms in total. The van der Waals surface area contributed by atoms with Gasteiger partial charge in [-0.25, -0.2) is 0 Å². The zero-order valence-corrected chi connectivity index (χ0v) is 12.3. The fraction of sp³-hybridized carbons (Fsp3) is 1.00. The van der Waals surface area contributed by atoms with E-state index in [1.165, 1.54) is 25.8 Å². The number of ether oxygens (including phenoxy) is 2. The number of piperidine rings is 1. The van der Waals surface area contributed by atoms with Crippen molar-refractivity contribution in [1.29, 1.82) is 0 Å². The smallest absolute Gasteiger partial charge is 0.0597 e. The summed E-state index contributed by atoms with van der Waals surface area (Å²) in [7, 11) is 1.75. The van der Waals surface area contributed by atoms with Crippen LogP contribution in [-0.4, -0.2) is 63.5 Å². The Labute approximate surface area is 112 Å². The molecular weight excluding hydrogens is 228 g/mol. The van der Waals surface area contributed by atoms with E-state index in [0.717, 1.165) is 32.8 Å². The lowest BCUT2D eigenvalue weighted by Gasteiger charge is -2.36. The average Bonchev–Trinajstić information content (AvgIpc) is 2.36. The standard InChI is InChI=1S/C14H30N2O2/c1-13(2)18-11-9-16-8-5-4-6-14(16)12-15-7-10-17-3/h13-15H,4-12H2,1-3H3. The first-order chi connectivity index (χ1) is 8.74. The van der Waals surface area contributed by atoms with Gasteiger partial charge in [-0.05, 0) is 33.2 Å². The Morgan fingerprint density at radius 3 is 2.83 bits per heavy atom. The van der Waals surface area contributed by atoms with Gasteiger partial charge in [0, 0.05) is 32.8 Å². The summed E-state index contributed by atoms with van der Waals surface area (Å²) in [6.45, 7) is 10.1. The maximum Gasteiger partial charge on any atom is 0.0597 e. The average molecular weight is 258 g/mol. The number of methoxy groups -OCH3 is 1. The van der Waals surface area contributed by atoms with E-state index >= 15 is 0 Å². The first-order valence-electron chi connectivity index (χ1n) is 7.29. The third-order valence-corrected chi connectivity index (χ3v) is 3.44. The first kappa shape index (κ1) is 15.9. The van der Waals surface area contributed by atoms with Crippen LogP contribution in [0.3, 0.4) is 0 Å². The maximum atomic E-state index is 5.65. The molecule has 1 saturated heterocycles. The van der Waals surface area contributed by atoms with Crippen LogP contribution in [0.25, 0.3) is 0 Å². The van der Waals surface area contributed by atoms with Crippen LogP contribution in [0.2, 0.25) is 0 Å². The highest BCUT2D eigenvalue weighted by molar-refractivity contribution is 4.78. The van der Waals surface area contributed by atoms with Gasteiger partial charge in [-0.3, -0.25) is 4.90 Å². The van der Waals surface area contributed by atoms with E-state index < -0.39 is 0 Å². The van der Waals surface area contributed by atoms with E-state index in [1.54, 1.807) is 7.11 Å². The predicted molar refractivity (Wildman–Crippen MR) is 75.0 cm³/mol. The van der Waals surface area contributed by atoms with Gasteiger partial charge in [0.15, 0.2) is 0 Å². The molecule has 1 fully saturated rings. The number of hydrogen-bond donors (Lipinski definition) is 1. The summed E-state index contributed by atoms with van der Waals surface area (Å²) in [4.78, 5) is 2.58. The van der Waals surface area contributed by atoms with Crippen LogP contribution in [0.5, 0.6) is 0 Å². The van der Waals surface area contributed by atoms with Crippen molar-refractivity contribution in [2.45, 2.75) is 45.3 Å². The Hall–Kier alpha value is -0.160. The van der Waals surface area contributed by atoms with Gasteiger partial charge in [-0.1, -0.05) is 6.42 Å². The van der Waals surface area contributed by atoms with Gasteiger partial charge in [0.1, 0.15) is 0 Å². The summed E-state index contributed by atoms with van der Waals surface area (Å²) in [6, 6.07) is 0.673. The topological polar surface area (TPSA) is 33.7 Å². The van der Waals surface area contributed by atoms with Gasteiger partial charge in [0.2, 0.25) is 0 Å². The minimum Gasteiger partial charge on any atom is -0.383 e. The van der Waals surface area contributed by atoms with Gasteiger partial charge in [-0.2, -0.15) is 0 Å². The summed E-state index contributed by atoms with van der Waals surface area (Å²) in [5, 5.41) is 3.48. The lowest BCUT2D eigenvalue weighted by Crippen LogP contribution is -2.47. The minimum absolute atomic E-state index is 0.341. The Kier molecular flexibility index (Phi) is 8.59. The summed E-state index contributed by atoms with van der Waals surface area (Å²) < 4.78 is 10.7. The van der Waals surface area contributed by atoms with E-state index in [1.807, 2.05) is 0 Å². The second-order valence-corrected chi connectivity index (χ2v) is 5.30. The SMILES string of the molecule is COCCNCC1CCCCN1CCOC(C)C. The molecule has 18 heavy (non-hydrogen) atoms. The highest BCUT2D eigenvalue weighted by Crippen LogP contribution is 2.16. The van der Waals surface area contributed by atoms with Gasteiger partial charge < -0.3 is 14.8 Å². The van der Waals surface area contributed by atoms with Crippen molar-refractivity contribution in [3.63, 3.8) is 0 Å². The number of likely N-dealkylation sites (tertiary alicyclic amines) is 1. The van der Waals surface area contributed by atoms with Crippen LogP contribution in [0.15, 0.2) is 0 Å². The van der Waals surface area contributed by atoms with Crippen LogP contribution in [-0.2, 0) is 9.47 Å². The van der Waals surface area contributed by atoms with E-state index in [2.05, 4.69) is 24.1 Å². The van der Waals surface area contributed by atoms with Gasteiger partial charge >= 0.3 is 0 Å². The van der Waals surface area contributed by atoms with Crippen LogP contribution in [0, 0.1) is 0 Å². The van der Waals surface area contributed by atoms with Crippen LogP contribution >= 0.6 is 0 Å². The lowest BCUT2D eigenvalue weighted by atomic mass is 10.0. The molecule has 0 bridgehead atoms. The third kappa shape index (κ3) is 6.69. The molecule has 1 aliphatic rings. The zero-order chi connectivity index (χ0) is 13.2. The first-order valence-corrected chi connectivity index (χ1v) is 7.29. The third-order valence-electron chi connectivity index (χ3n) is 3.44. The Morgan fingerprint density at radius 2 is 2.11 bits per heavy atom. The molecule has 0 aromatic rings. The Morgan fingerprint density at radius 1 is 1.28 bits per heavy atom. The van der Waals surface area contributed by atoms with Crippen LogP contribution < -0.4 is 5.32 Å². The number of hydrogen-bond acceptors (Lipinski definition) is 4. The molecule has 1 heterocycles. The summed E-state index contributed by atoms with van der Waals surface area (Å²) in [6.07, 6.45) is 4.34. The van der Waals surface area contributed by atoms with Crippen molar-refractivity contribution in [3.05, 3.63) is 0 Å². The molecule has 0 saturated carbocycles. The molecule has 0 radical (unpaired) electrons. The zero-order valence-electron chi connectivity index (χ0n) is 12.3. The van der Waals surface area contributed by atoms with Crippen molar-refractivity contribution >= 4 is 0 Å². The molecule has 0 aromatic carbocycles. The fourth-order valence-electron chi connectivity index (χ4n) is 2.43. The molecule has 0 spiro atoms. The maximum absolute atomic E-state index is 5.65. The second kappa shape index (κ2) is 9.73. The number of nitrogens with one attached hydrogen (secondary N) is 1. The lowest BCUT2D eigenvalue weighted by molar-refractivity contribution is 0.0398. The Balaban J connectivity index is 2.19. The number of rotatable bonds is 9. The van der Waals surface area contributed by atoms with E-state index in [-0.39, 0.29) is 0 Å². The fourth-order valence-corrected chi connectivity index (χ4v) is 2.43. The van der Waals surface area contributed by atoms with Gasteiger partial charge in [0.05, 0.1) is 19.3 Å². The van der Waals surface area contributed by atoms with E-state index in [0.29, 0.717) is 12.1 Å². The molecular formula is C14H30N2O2. The summed E-state index contributed by atoms with van der Waals surface area (Å²) >= 11 is 0. The van der Waals surface area contributed by atoms with E-state index in [9.17, 15) is 0 Å². The molecule has 1 rings (SSSR count). The molecule has 0 amide bonds. The minimum atomic E-state index is 0.341. The molecule has 4 heteroatoms. The molecule has 0 aromatic heterocycles. The van der Waals surface area contributed by atoms with Gasteiger partial charge in [-0.15, -0.1) is 0 Å². The Bertz CT molecular complexity index is 200. The van der Waals surface area contributed by atoms with Crippen molar-refractivity contribution in [2.24, 2.45) is 0 Å². The normalized spacial score (nSPS) is 21.7. The van der Waals surface area contributed by atoms with Crippen molar-refractivity contribution in [3.8, 4) is 0 Å². The summed E-state index contributed by atoms with van der Waals surface area (Å²) in [5.41, 5.74) is 0. The molecule has 1 N–H and O–H groups in total. The molecule has 108 valence electrons. The summed E-state index contributed by atoms with van der Waals surface area (Å²) in [5.74, 6) is 0. The van der Waals surface area contributed by atoms with Crippen molar-refractivity contribution in [2.75, 3.05) is 46.5 Å². The van der Waals surface area contributed by atoms with Crippen molar-refractivity contribution < 1.29 is 9.47 Å². The largest absolute Gasteiger partial charge is 0.383 e. The highest BCUT2D eigenvalue weighted by atomic mass is 16.5. The van der Waals surface area contributed by atoms with Crippen LogP contribution in [0.4, 0.5) is 0 Å². The monoisotopic (exact) mass is 258 g/mol. The predicted octanol–water partition coefficient (Wildman–Crippen LogP) is 1.50. The molecule has 1 atom stereocenters. The van der Waals surface area contributed by atoms with Crippen molar-refractivity contribution in [1.82, 2.24) is 10.2 Å². The highest BCUT2D eigenvalue weighted by Gasteiger charge is 2.21. The molecule has 1 unspecified atom stereocenters.